The third kappa shape index (κ3) is 10.7. The van der Waals surface area contributed by atoms with Gasteiger partial charge in [0.2, 0.25) is 5.78 Å². The molecule has 2 aromatic heterocycles. The van der Waals surface area contributed by atoms with E-state index in [1.54, 1.807) is 12.3 Å². The molecular formula is C56H66F3N7O6SSi. The van der Waals surface area contributed by atoms with Crippen molar-refractivity contribution in [2.24, 2.45) is 11.3 Å². The summed E-state index contributed by atoms with van der Waals surface area (Å²) < 4.78 is 86.2. The van der Waals surface area contributed by atoms with Crippen LogP contribution < -0.4 is 20.0 Å². The van der Waals surface area contributed by atoms with E-state index in [0.29, 0.717) is 22.5 Å². The maximum Gasteiger partial charge on any atom is 0.321 e. The highest BCUT2D eigenvalue weighted by atomic mass is 32.2. The molecule has 0 spiro atoms. The Morgan fingerprint density at radius 1 is 0.838 bits per heavy atom. The van der Waals surface area contributed by atoms with E-state index in [1.165, 1.54) is 6.20 Å². The van der Waals surface area contributed by atoms with Crippen LogP contribution in [0.3, 0.4) is 0 Å². The van der Waals surface area contributed by atoms with E-state index in [1.807, 2.05) is 126 Å². The molecule has 9 rings (SSSR count). The van der Waals surface area contributed by atoms with Crippen molar-refractivity contribution in [3.8, 4) is 11.1 Å². The summed E-state index contributed by atoms with van der Waals surface area (Å²) in [5, 5.41) is 11.5. The highest BCUT2D eigenvalue weighted by Gasteiger charge is 2.54. The second-order valence-corrected chi connectivity index (χ2v) is 28.0. The van der Waals surface area contributed by atoms with Crippen LogP contribution in [0.25, 0.3) is 22.2 Å². The van der Waals surface area contributed by atoms with Crippen LogP contribution in [-0.2, 0) is 19.4 Å². The van der Waals surface area contributed by atoms with E-state index >= 15 is 13.2 Å². The number of fused-ring (bicyclic) bond motifs is 1. The van der Waals surface area contributed by atoms with Crippen molar-refractivity contribution in [3.05, 3.63) is 138 Å². The van der Waals surface area contributed by atoms with E-state index in [9.17, 15) is 23.1 Å². The van der Waals surface area contributed by atoms with Crippen LogP contribution in [0.5, 0.6) is 0 Å². The van der Waals surface area contributed by atoms with E-state index in [2.05, 4.69) is 29.4 Å². The molecule has 392 valence electrons. The van der Waals surface area contributed by atoms with Gasteiger partial charge in [-0.15, -0.1) is 0 Å². The number of halogens is 3. The topological polar surface area (TPSA) is 151 Å². The number of alkyl halides is 1. The number of likely N-dealkylation sites (tertiary alicyclic amines) is 1. The number of piperazine rings is 1. The van der Waals surface area contributed by atoms with Crippen LogP contribution in [0, 0.1) is 23.0 Å². The molecule has 0 amide bonds. The van der Waals surface area contributed by atoms with Gasteiger partial charge in [0.05, 0.1) is 17.4 Å². The van der Waals surface area contributed by atoms with Gasteiger partial charge in [-0.2, -0.15) is 12.7 Å². The number of aromatic nitrogens is 2. The number of nitrogens with one attached hydrogen (secondary N) is 2. The summed E-state index contributed by atoms with van der Waals surface area (Å²) in [6, 6.07) is 30.2. The Labute approximate surface area is 433 Å². The summed E-state index contributed by atoms with van der Waals surface area (Å²) >= 11 is 0. The molecule has 6 aromatic rings. The first-order valence-corrected chi connectivity index (χ1v) is 28.7. The van der Waals surface area contributed by atoms with Crippen molar-refractivity contribution < 1.29 is 40.7 Å². The van der Waals surface area contributed by atoms with Gasteiger partial charge in [-0.1, -0.05) is 114 Å². The molecule has 1 unspecified atom stereocenters. The summed E-state index contributed by atoms with van der Waals surface area (Å²) in [5.74, 6) is -3.86. The standard InChI is InChI=1S/C56H66F3N7O6SSi/c1-55(2,3)52(54(68)69)65-25-23-37(24-26-65)34-63-27-29-64(30-28-63)40-19-17-38(18-20-40)39-31-43-44(33-61-53(43)60-32-39)51(67)49-45(57)21-22-47(50(49)59)62-73(70,71)66-35-46(58)48(36-66)72-74(56(4,5)6,41-13-9-7-10-14-41)42-15-11-8-12-16-42/h7-22,31-33,37,46,48,52,62H,23-30,34-36H2,1-6H3,(H,60,61)(H,68,69)/t46-,48-,52?/m0/s1. The second kappa shape index (κ2) is 21.0. The van der Waals surface area contributed by atoms with Crippen molar-refractivity contribution in [2.45, 2.75) is 77.7 Å². The number of anilines is 2. The lowest BCUT2D eigenvalue weighted by molar-refractivity contribution is -0.148. The van der Waals surface area contributed by atoms with Crippen molar-refractivity contribution >= 4 is 63.1 Å². The number of carboxylic acid groups (broad SMARTS) is 1. The molecule has 5 heterocycles. The van der Waals surface area contributed by atoms with Gasteiger partial charge in [0.15, 0.2) is 5.82 Å². The molecule has 3 aliphatic heterocycles. The summed E-state index contributed by atoms with van der Waals surface area (Å²) in [7, 11) is -7.95. The van der Waals surface area contributed by atoms with Gasteiger partial charge in [0.25, 0.3) is 8.32 Å². The normalized spacial score (nSPS) is 19.5. The highest BCUT2D eigenvalue weighted by molar-refractivity contribution is 7.90. The minimum absolute atomic E-state index is 0.0651. The largest absolute Gasteiger partial charge is 0.480 e. The number of piperidine rings is 1. The average Bonchev–Trinajstić information content (AvgIpc) is 3.98. The number of aliphatic carboxylic acids is 1. The Morgan fingerprint density at radius 3 is 2.04 bits per heavy atom. The van der Waals surface area contributed by atoms with Crippen LogP contribution in [0.2, 0.25) is 5.04 Å². The third-order valence-electron chi connectivity index (χ3n) is 15.1. The lowest BCUT2D eigenvalue weighted by Gasteiger charge is -2.44. The molecule has 0 bridgehead atoms. The van der Waals surface area contributed by atoms with Gasteiger partial charge in [-0.25, -0.2) is 18.2 Å². The number of carbonyl (C=O) groups is 2. The number of nitrogens with zero attached hydrogens (tertiary/aromatic N) is 5. The number of aromatic amines is 1. The molecule has 3 saturated heterocycles. The zero-order valence-electron chi connectivity index (χ0n) is 42.8. The Bertz CT molecular complexity index is 3040. The van der Waals surface area contributed by atoms with Crippen molar-refractivity contribution in [3.63, 3.8) is 0 Å². The van der Waals surface area contributed by atoms with Gasteiger partial charge in [0.1, 0.15) is 23.7 Å². The Kier molecular flexibility index (Phi) is 15.0. The lowest BCUT2D eigenvalue weighted by atomic mass is 9.83. The fourth-order valence-electron chi connectivity index (χ4n) is 11.3. The first kappa shape index (κ1) is 53.0. The summed E-state index contributed by atoms with van der Waals surface area (Å²) in [6.45, 7) is 17.3. The minimum Gasteiger partial charge on any atom is -0.480 e. The molecule has 0 saturated carbocycles. The summed E-state index contributed by atoms with van der Waals surface area (Å²) in [6.07, 6.45) is 2.04. The third-order valence-corrected chi connectivity index (χ3v) is 21.6. The van der Waals surface area contributed by atoms with Crippen LogP contribution in [0.15, 0.2) is 116 Å². The van der Waals surface area contributed by atoms with Gasteiger partial charge in [-0.05, 0) is 88.6 Å². The van der Waals surface area contributed by atoms with Crippen LogP contribution in [-0.4, -0.2) is 135 Å². The number of carboxylic acids is 1. The molecule has 13 nitrogen and oxygen atoms in total. The van der Waals surface area contributed by atoms with Crippen molar-refractivity contribution in [2.75, 3.05) is 68.5 Å². The molecule has 3 aliphatic rings. The van der Waals surface area contributed by atoms with Crippen molar-refractivity contribution in [1.29, 1.82) is 0 Å². The van der Waals surface area contributed by atoms with Gasteiger partial charge >= 0.3 is 16.2 Å². The molecule has 4 aromatic carbocycles. The molecule has 3 N–H and O–H groups in total. The Hall–Kier alpha value is -5.89. The maximum absolute atomic E-state index is 16.5. The first-order chi connectivity index (χ1) is 35.1. The number of hydrogen-bond donors (Lipinski definition) is 3. The van der Waals surface area contributed by atoms with E-state index in [-0.39, 0.29) is 17.5 Å². The molecule has 18 heteroatoms. The fraction of sp³-hybridized carbons (Fsp3) is 0.411. The van der Waals surface area contributed by atoms with Crippen LogP contribution >= 0.6 is 0 Å². The molecule has 0 aliphatic carbocycles. The zero-order valence-corrected chi connectivity index (χ0v) is 44.6. The zero-order chi connectivity index (χ0) is 52.7. The van der Waals surface area contributed by atoms with Crippen LogP contribution in [0.4, 0.5) is 24.5 Å². The first-order valence-electron chi connectivity index (χ1n) is 25.4. The summed E-state index contributed by atoms with van der Waals surface area (Å²) in [5.41, 5.74) is 0.822. The van der Waals surface area contributed by atoms with Crippen molar-refractivity contribution in [1.82, 2.24) is 24.1 Å². The summed E-state index contributed by atoms with van der Waals surface area (Å²) in [4.78, 5) is 40.6. The predicted molar refractivity (Wildman–Crippen MR) is 287 cm³/mol. The number of ketones is 1. The number of benzene rings is 4. The molecule has 0 radical (unpaired) electrons. The Balaban J connectivity index is 0.855. The molecule has 74 heavy (non-hydrogen) atoms. The van der Waals surface area contributed by atoms with E-state index < -0.39 is 83.1 Å². The monoisotopic (exact) mass is 1050 g/mol. The van der Waals surface area contributed by atoms with E-state index in [0.717, 1.165) is 96.7 Å². The molecule has 3 atom stereocenters. The smallest absolute Gasteiger partial charge is 0.321 e. The number of H-pyrrole nitrogens is 1. The SMILES string of the molecule is CC(C)(C)C(C(=O)O)N1CCC(CN2CCN(c3ccc(-c4cnc5[nH]cc(C(=O)c6c(F)ccc(NS(=O)(=O)N7C[C@H](O[Si](c8ccccc8)(c8ccccc8)C(C)(C)C)[C@@H](F)C7)c6F)c5c4)cc3)CC2)CC1. The molecular weight excluding hydrogens is 984 g/mol. The Morgan fingerprint density at radius 2 is 1.46 bits per heavy atom. The fourth-order valence-corrected chi connectivity index (χ4v) is 17.3. The number of carbonyl (C=O) groups excluding carboxylic acids is 1. The minimum atomic E-state index is -4.66. The highest BCUT2D eigenvalue weighted by Crippen LogP contribution is 2.40. The number of pyridine rings is 1. The maximum atomic E-state index is 16.5. The van der Waals surface area contributed by atoms with Gasteiger partial charge in [-0.3, -0.25) is 24.1 Å². The second-order valence-electron chi connectivity index (χ2n) is 22.1. The lowest BCUT2D eigenvalue weighted by Crippen LogP contribution is -2.68. The quantitative estimate of drug-likeness (QED) is 0.0677. The average molecular weight is 1050 g/mol. The van der Waals surface area contributed by atoms with Crippen LogP contribution in [0.1, 0.15) is 70.3 Å². The molecule has 3 fully saturated rings. The van der Waals surface area contributed by atoms with Gasteiger partial charge in [0, 0.05) is 80.4 Å². The predicted octanol–water partition coefficient (Wildman–Crippen LogP) is 8.33. The number of rotatable bonds is 15. The number of hydrogen-bond acceptors (Lipinski definition) is 9. The van der Waals surface area contributed by atoms with E-state index in [4.69, 9.17) is 4.43 Å². The van der Waals surface area contributed by atoms with Gasteiger partial charge < -0.3 is 19.4 Å².